The number of aromatic nitrogens is 1. The van der Waals surface area contributed by atoms with Crippen LogP contribution in [0.2, 0.25) is 0 Å². The summed E-state index contributed by atoms with van der Waals surface area (Å²) in [6.07, 6.45) is -3.23. The molecule has 0 aliphatic carbocycles. The van der Waals surface area contributed by atoms with Gasteiger partial charge in [-0.05, 0) is 17.2 Å². The lowest BCUT2D eigenvalue weighted by molar-refractivity contribution is -0.154. The average Bonchev–Trinajstić information content (AvgIpc) is 2.71. The number of amides is 1. The van der Waals surface area contributed by atoms with Crippen molar-refractivity contribution in [1.82, 2.24) is 15.6 Å². The molecule has 0 saturated carbocycles. The highest BCUT2D eigenvalue weighted by atomic mass is 19.4. The summed E-state index contributed by atoms with van der Waals surface area (Å²) in [7, 11) is 0. The van der Waals surface area contributed by atoms with E-state index in [0.717, 1.165) is 24.2 Å². The molecule has 0 unspecified atom stereocenters. The maximum absolute atomic E-state index is 12.2. The number of ether oxygens (including phenoxy) is 2. The number of alkyl halides is 3. The number of hydrogen-bond acceptors (Lipinski definition) is 5. The second-order valence-corrected chi connectivity index (χ2v) is 6.28. The lowest BCUT2D eigenvalue weighted by Crippen LogP contribution is -2.33. The Kier molecular flexibility index (Phi) is 6.48. The van der Waals surface area contributed by atoms with Crippen LogP contribution >= 0.6 is 0 Å². The first-order chi connectivity index (χ1) is 13.4. The van der Waals surface area contributed by atoms with Gasteiger partial charge in [0.05, 0.1) is 18.3 Å². The third kappa shape index (κ3) is 5.93. The molecule has 1 atom stereocenters. The minimum Gasteiger partial charge on any atom is -0.468 e. The largest absolute Gasteiger partial charge is 0.468 e. The SMILES string of the molecule is O=C(NCc1ccc([C@@H]2CNCCO2)cc1)c1ccc(OCC(F)(F)F)nc1. The number of hydrogen-bond donors (Lipinski definition) is 2. The van der Waals surface area contributed by atoms with E-state index in [0.29, 0.717) is 13.2 Å². The first kappa shape index (κ1) is 20.1. The van der Waals surface area contributed by atoms with Crippen LogP contribution in [-0.2, 0) is 11.3 Å². The summed E-state index contributed by atoms with van der Waals surface area (Å²) in [6, 6.07) is 10.4. The van der Waals surface area contributed by atoms with Crippen molar-refractivity contribution >= 4 is 5.91 Å². The molecule has 0 spiro atoms. The second-order valence-electron chi connectivity index (χ2n) is 6.28. The van der Waals surface area contributed by atoms with Gasteiger partial charge in [-0.25, -0.2) is 4.98 Å². The maximum Gasteiger partial charge on any atom is 0.422 e. The fourth-order valence-corrected chi connectivity index (χ4v) is 2.67. The summed E-state index contributed by atoms with van der Waals surface area (Å²) in [5.41, 5.74) is 2.22. The second kappa shape index (κ2) is 9.03. The molecule has 2 aromatic rings. The first-order valence-electron chi connectivity index (χ1n) is 8.76. The summed E-state index contributed by atoms with van der Waals surface area (Å²) in [5.74, 6) is -0.567. The Morgan fingerprint density at radius 3 is 2.64 bits per heavy atom. The lowest BCUT2D eigenvalue weighted by atomic mass is 10.1. The van der Waals surface area contributed by atoms with Crippen LogP contribution in [0.3, 0.4) is 0 Å². The van der Waals surface area contributed by atoms with Gasteiger partial charge >= 0.3 is 6.18 Å². The molecule has 1 fully saturated rings. The van der Waals surface area contributed by atoms with Crippen molar-refractivity contribution in [2.24, 2.45) is 0 Å². The molecule has 6 nitrogen and oxygen atoms in total. The van der Waals surface area contributed by atoms with Crippen molar-refractivity contribution in [3.8, 4) is 5.88 Å². The topological polar surface area (TPSA) is 72.5 Å². The Balaban J connectivity index is 1.49. The van der Waals surface area contributed by atoms with E-state index in [9.17, 15) is 18.0 Å². The monoisotopic (exact) mass is 395 g/mol. The fourth-order valence-electron chi connectivity index (χ4n) is 2.67. The molecule has 1 saturated heterocycles. The number of benzene rings is 1. The van der Waals surface area contributed by atoms with Gasteiger partial charge in [-0.1, -0.05) is 24.3 Å². The van der Waals surface area contributed by atoms with Crippen LogP contribution in [0, 0.1) is 0 Å². The molecule has 3 rings (SSSR count). The normalized spacial score (nSPS) is 17.2. The van der Waals surface area contributed by atoms with Crippen LogP contribution in [0.1, 0.15) is 27.6 Å². The first-order valence-corrected chi connectivity index (χ1v) is 8.76. The zero-order chi connectivity index (χ0) is 20.0. The maximum atomic E-state index is 12.2. The van der Waals surface area contributed by atoms with Crippen LogP contribution in [-0.4, -0.2) is 43.4 Å². The van der Waals surface area contributed by atoms with Gasteiger partial charge in [0.2, 0.25) is 5.88 Å². The van der Waals surface area contributed by atoms with Gasteiger partial charge in [0.1, 0.15) is 0 Å². The van der Waals surface area contributed by atoms with E-state index in [1.54, 1.807) is 0 Å². The van der Waals surface area contributed by atoms with Crippen LogP contribution in [0.25, 0.3) is 0 Å². The van der Waals surface area contributed by atoms with Gasteiger partial charge in [0.25, 0.3) is 5.91 Å². The third-order valence-corrected chi connectivity index (χ3v) is 4.11. The number of halogens is 3. The van der Waals surface area contributed by atoms with Crippen molar-refractivity contribution < 1.29 is 27.4 Å². The number of nitrogens with one attached hydrogen (secondary N) is 2. The predicted octanol–water partition coefficient (Wildman–Crippen LogP) is 2.61. The molecule has 0 radical (unpaired) electrons. The van der Waals surface area contributed by atoms with Gasteiger partial charge in [0.15, 0.2) is 6.61 Å². The Labute approximate surface area is 160 Å². The van der Waals surface area contributed by atoms with Crippen molar-refractivity contribution in [1.29, 1.82) is 0 Å². The van der Waals surface area contributed by atoms with Crippen LogP contribution in [0.15, 0.2) is 42.6 Å². The predicted molar refractivity (Wildman–Crippen MR) is 95.0 cm³/mol. The van der Waals surface area contributed by atoms with Gasteiger partial charge in [-0.2, -0.15) is 13.2 Å². The van der Waals surface area contributed by atoms with Crippen LogP contribution < -0.4 is 15.4 Å². The standard InChI is InChI=1S/C19H20F3N3O3/c20-19(21,22)12-28-17-6-5-15(10-24-17)18(26)25-9-13-1-3-14(4-2-13)16-11-23-7-8-27-16/h1-6,10,16,23H,7-9,11-12H2,(H,25,26)/t16-/m0/s1. The molecular formula is C19H20F3N3O3. The molecule has 2 N–H and O–H groups in total. The number of rotatable bonds is 6. The van der Waals surface area contributed by atoms with E-state index in [1.165, 1.54) is 18.3 Å². The number of pyridine rings is 1. The Hall–Kier alpha value is -2.65. The van der Waals surface area contributed by atoms with E-state index in [4.69, 9.17) is 4.74 Å². The van der Waals surface area contributed by atoms with Gasteiger partial charge in [0, 0.05) is 31.9 Å². The minimum absolute atomic E-state index is 0.0292. The Morgan fingerprint density at radius 2 is 2.04 bits per heavy atom. The quantitative estimate of drug-likeness (QED) is 0.787. The summed E-state index contributed by atoms with van der Waals surface area (Å²) in [4.78, 5) is 15.9. The fraction of sp³-hybridized carbons (Fsp3) is 0.368. The molecule has 2 heterocycles. The molecule has 1 amide bonds. The van der Waals surface area contributed by atoms with Crippen LogP contribution in [0.4, 0.5) is 13.2 Å². The molecule has 28 heavy (non-hydrogen) atoms. The zero-order valence-corrected chi connectivity index (χ0v) is 15.0. The summed E-state index contributed by atoms with van der Waals surface area (Å²) in [5, 5.41) is 6.02. The van der Waals surface area contributed by atoms with E-state index >= 15 is 0 Å². The van der Waals surface area contributed by atoms with Gasteiger partial charge < -0.3 is 20.1 Å². The highest BCUT2D eigenvalue weighted by molar-refractivity contribution is 5.93. The molecular weight excluding hydrogens is 375 g/mol. The average molecular weight is 395 g/mol. The van der Waals surface area contributed by atoms with E-state index in [2.05, 4.69) is 20.4 Å². The van der Waals surface area contributed by atoms with Gasteiger partial charge in [-0.3, -0.25) is 4.79 Å². The Bertz CT molecular complexity index is 774. The van der Waals surface area contributed by atoms with Crippen molar-refractivity contribution in [3.63, 3.8) is 0 Å². The van der Waals surface area contributed by atoms with Crippen molar-refractivity contribution in [2.45, 2.75) is 18.8 Å². The molecule has 1 aliphatic heterocycles. The smallest absolute Gasteiger partial charge is 0.422 e. The molecule has 0 bridgehead atoms. The summed E-state index contributed by atoms with van der Waals surface area (Å²) < 4.78 is 46.5. The highest BCUT2D eigenvalue weighted by Gasteiger charge is 2.28. The lowest BCUT2D eigenvalue weighted by Gasteiger charge is -2.24. The third-order valence-electron chi connectivity index (χ3n) is 4.11. The minimum atomic E-state index is -4.44. The molecule has 1 aromatic carbocycles. The zero-order valence-electron chi connectivity index (χ0n) is 15.0. The number of carbonyl (C=O) groups is 1. The Morgan fingerprint density at radius 1 is 1.25 bits per heavy atom. The molecule has 1 aliphatic rings. The summed E-state index contributed by atoms with van der Waals surface area (Å²) >= 11 is 0. The van der Waals surface area contributed by atoms with Crippen molar-refractivity contribution in [3.05, 3.63) is 59.3 Å². The number of morpholine rings is 1. The van der Waals surface area contributed by atoms with E-state index < -0.39 is 12.8 Å². The highest BCUT2D eigenvalue weighted by Crippen LogP contribution is 2.19. The summed E-state index contributed by atoms with van der Waals surface area (Å²) in [6.45, 7) is 1.19. The van der Waals surface area contributed by atoms with Gasteiger partial charge in [-0.15, -0.1) is 0 Å². The molecule has 1 aromatic heterocycles. The number of nitrogens with zero attached hydrogens (tertiary/aromatic N) is 1. The van der Waals surface area contributed by atoms with Crippen molar-refractivity contribution in [2.75, 3.05) is 26.3 Å². The number of carbonyl (C=O) groups excluding carboxylic acids is 1. The molecule has 9 heteroatoms. The van der Waals surface area contributed by atoms with Crippen LogP contribution in [0.5, 0.6) is 5.88 Å². The van der Waals surface area contributed by atoms with E-state index in [1.807, 2.05) is 24.3 Å². The molecule has 150 valence electrons. The van der Waals surface area contributed by atoms with E-state index in [-0.39, 0.29) is 23.5 Å².